The summed E-state index contributed by atoms with van der Waals surface area (Å²) >= 11 is 0. The lowest BCUT2D eigenvalue weighted by Crippen LogP contribution is -2.31. The van der Waals surface area contributed by atoms with Crippen LogP contribution < -0.4 is 11.1 Å². The molecule has 1 unspecified atom stereocenters. The van der Waals surface area contributed by atoms with Crippen LogP contribution in [-0.4, -0.2) is 27.4 Å². The van der Waals surface area contributed by atoms with Gasteiger partial charge in [0.15, 0.2) is 5.82 Å². The Morgan fingerprint density at radius 3 is 3.20 bits per heavy atom. The molecule has 2 rings (SSSR count). The van der Waals surface area contributed by atoms with Crippen molar-refractivity contribution in [1.82, 2.24) is 20.3 Å². The van der Waals surface area contributed by atoms with E-state index < -0.39 is 0 Å². The van der Waals surface area contributed by atoms with Gasteiger partial charge < -0.3 is 11.1 Å². The summed E-state index contributed by atoms with van der Waals surface area (Å²) in [5.74, 6) is 0.465. The van der Waals surface area contributed by atoms with E-state index in [0.29, 0.717) is 12.4 Å². The van der Waals surface area contributed by atoms with Gasteiger partial charge in [-0.05, 0) is 12.8 Å². The van der Waals surface area contributed by atoms with E-state index in [9.17, 15) is 4.79 Å². The predicted octanol–water partition coefficient (Wildman–Crippen LogP) is -0.223. The average Bonchev–Trinajstić information content (AvgIpc) is 2.50. The first-order chi connectivity index (χ1) is 7.25. The van der Waals surface area contributed by atoms with E-state index in [1.165, 1.54) is 11.0 Å². The van der Waals surface area contributed by atoms with Gasteiger partial charge in [0, 0.05) is 6.54 Å². The fourth-order valence-electron chi connectivity index (χ4n) is 1.77. The number of rotatable bonds is 2. The van der Waals surface area contributed by atoms with E-state index in [0.717, 1.165) is 25.8 Å². The number of aromatic nitrogens is 3. The SMILES string of the molecule is Nc1cnn(CC2CCCCNC2=O)n1. The molecule has 2 heterocycles. The maximum atomic E-state index is 11.6. The zero-order chi connectivity index (χ0) is 10.7. The third-order valence-electron chi connectivity index (χ3n) is 2.59. The maximum Gasteiger partial charge on any atom is 0.225 e. The van der Waals surface area contributed by atoms with Crippen LogP contribution in [0.4, 0.5) is 5.82 Å². The van der Waals surface area contributed by atoms with Crippen LogP contribution in [-0.2, 0) is 11.3 Å². The number of amides is 1. The van der Waals surface area contributed by atoms with E-state index in [1.807, 2.05) is 0 Å². The van der Waals surface area contributed by atoms with Crippen molar-refractivity contribution in [2.75, 3.05) is 12.3 Å². The molecule has 3 N–H and O–H groups in total. The third kappa shape index (κ3) is 2.45. The van der Waals surface area contributed by atoms with Crippen molar-refractivity contribution in [2.45, 2.75) is 25.8 Å². The van der Waals surface area contributed by atoms with Crippen molar-refractivity contribution in [3.8, 4) is 0 Å². The van der Waals surface area contributed by atoms with Crippen molar-refractivity contribution >= 4 is 11.7 Å². The molecule has 0 saturated carbocycles. The van der Waals surface area contributed by atoms with Crippen molar-refractivity contribution in [3.05, 3.63) is 6.20 Å². The first-order valence-electron chi connectivity index (χ1n) is 5.19. The number of anilines is 1. The van der Waals surface area contributed by atoms with E-state index in [-0.39, 0.29) is 11.8 Å². The van der Waals surface area contributed by atoms with E-state index in [1.54, 1.807) is 0 Å². The summed E-state index contributed by atoms with van der Waals surface area (Å²) in [6, 6.07) is 0. The minimum Gasteiger partial charge on any atom is -0.381 e. The number of nitrogens with two attached hydrogens (primary N) is 1. The van der Waals surface area contributed by atoms with Crippen LogP contribution in [0.3, 0.4) is 0 Å². The summed E-state index contributed by atoms with van der Waals surface area (Å²) in [4.78, 5) is 13.1. The first kappa shape index (κ1) is 9.95. The lowest BCUT2D eigenvalue weighted by molar-refractivity contribution is -0.125. The van der Waals surface area contributed by atoms with Gasteiger partial charge in [0.05, 0.1) is 18.7 Å². The Bertz CT molecular complexity index is 348. The highest BCUT2D eigenvalue weighted by molar-refractivity contribution is 5.78. The Labute approximate surface area is 87.8 Å². The summed E-state index contributed by atoms with van der Waals surface area (Å²) in [6.07, 6.45) is 4.51. The van der Waals surface area contributed by atoms with Crippen LogP contribution in [0, 0.1) is 5.92 Å². The van der Waals surface area contributed by atoms with Crippen LogP contribution >= 0.6 is 0 Å². The minimum atomic E-state index is -0.0284. The smallest absolute Gasteiger partial charge is 0.225 e. The van der Waals surface area contributed by atoms with Gasteiger partial charge in [0.1, 0.15) is 0 Å². The first-order valence-corrected chi connectivity index (χ1v) is 5.19. The summed E-state index contributed by atoms with van der Waals surface area (Å²) < 4.78 is 0. The van der Waals surface area contributed by atoms with Gasteiger partial charge in [0.25, 0.3) is 0 Å². The molecule has 15 heavy (non-hydrogen) atoms. The topological polar surface area (TPSA) is 85.8 Å². The fourth-order valence-corrected chi connectivity index (χ4v) is 1.77. The second-order valence-corrected chi connectivity index (χ2v) is 3.81. The molecular formula is C9H15N5O. The van der Waals surface area contributed by atoms with Gasteiger partial charge in [0.2, 0.25) is 5.91 Å². The number of carbonyl (C=O) groups is 1. The predicted molar refractivity (Wildman–Crippen MR) is 54.8 cm³/mol. The molecule has 82 valence electrons. The van der Waals surface area contributed by atoms with Gasteiger partial charge in [-0.15, -0.1) is 5.10 Å². The van der Waals surface area contributed by atoms with Gasteiger partial charge >= 0.3 is 0 Å². The molecule has 1 aromatic heterocycles. The molecule has 6 heteroatoms. The standard InChI is InChI=1S/C9H15N5O/c10-8-5-12-14(13-8)6-7-3-1-2-4-11-9(7)15/h5,7H,1-4,6H2,(H2,10,13)(H,11,15). The lowest BCUT2D eigenvalue weighted by atomic mass is 10.0. The Hall–Kier alpha value is -1.59. The molecule has 0 spiro atoms. The van der Waals surface area contributed by atoms with E-state index in [4.69, 9.17) is 5.73 Å². The highest BCUT2D eigenvalue weighted by Crippen LogP contribution is 2.14. The molecule has 1 aliphatic rings. The zero-order valence-corrected chi connectivity index (χ0v) is 8.52. The van der Waals surface area contributed by atoms with Crippen LogP contribution in [0.25, 0.3) is 0 Å². The quantitative estimate of drug-likeness (QED) is 0.705. The van der Waals surface area contributed by atoms with Crippen LogP contribution in [0.1, 0.15) is 19.3 Å². The number of nitrogens with zero attached hydrogens (tertiary/aromatic N) is 3. The third-order valence-corrected chi connectivity index (χ3v) is 2.59. The Balaban J connectivity index is 2.00. The molecule has 0 radical (unpaired) electrons. The Kier molecular flexibility index (Phi) is 2.84. The van der Waals surface area contributed by atoms with Crippen molar-refractivity contribution in [2.24, 2.45) is 5.92 Å². The minimum absolute atomic E-state index is 0.0284. The van der Waals surface area contributed by atoms with Gasteiger partial charge in [-0.2, -0.15) is 9.90 Å². The molecule has 1 atom stereocenters. The van der Waals surface area contributed by atoms with E-state index in [2.05, 4.69) is 15.5 Å². The van der Waals surface area contributed by atoms with Crippen molar-refractivity contribution < 1.29 is 4.79 Å². The molecule has 0 aromatic carbocycles. The highest BCUT2D eigenvalue weighted by atomic mass is 16.1. The number of hydrogen-bond acceptors (Lipinski definition) is 4. The second kappa shape index (κ2) is 4.29. The van der Waals surface area contributed by atoms with Gasteiger partial charge in [-0.3, -0.25) is 4.79 Å². The Morgan fingerprint density at radius 1 is 1.60 bits per heavy atom. The maximum absolute atomic E-state index is 11.6. The lowest BCUT2D eigenvalue weighted by Gasteiger charge is -2.11. The van der Waals surface area contributed by atoms with Crippen molar-refractivity contribution in [3.63, 3.8) is 0 Å². The number of nitrogens with one attached hydrogen (secondary N) is 1. The fraction of sp³-hybridized carbons (Fsp3) is 0.667. The molecule has 0 aliphatic carbocycles. The summed E-state index contributed by atoms with van der Waals surface area (Å²) in [5, 5.41) is 10.8. The van der Waals surface area contributed by atoms with Crippen LogP contribution in [0.2, 0.25) is 0 Å². The number of nitrogen functional groups attached to an aromatic ring is 1. The molecule has 1 fully saturated rings. The molecule has 0 bridgehead atoms. The number of hydrogen-bond donors (Lipinski definition) is 2. The molecule has 6 nitrogen and oxygen atoms in total. The number of carbonyl (C=O) groups excluding carboxylic acids is 1. The zero-order valence-electron chi connectivity index (χ0n) is 8.52. The molecule has 1 amide bonds. The van der Waals surface area contributed by atoms with Crippen LogP contribution in [0.15, 0.2) is 6.20 Å². The van der Waals surface area contributed by atoms with Gasteiger partial charge in [-0.25, -0.2) is 0 Å². The molecule has 1 aromatic rings. The normalized spacial score (nSPS) is 22.1. The Morgan fingerprint density at radius 2 is 2.47 bits per heavy atom. The summed E-state index contributed by atoms with van der Waals surface area (Å²) in [6.45, 7) is 1.30. The molecule has 1 aliphatic heterocycles. The highest BCUT2D eigenvalue weighted by Gasteiger charge is 2.21. The monoisotopic (exact) mass is 209 g/mol. The van der Waals surface area contributed by atoms with E-state index >= 15 is 0 Å². The van der Waals surface area contributed by atoms with Gasteiger partial charge in [-0.1, -0.05) is 6.42 Å². The van der Waals surface area contributed by atoms with Crippen LogP contribution in [0.5, 0.6) is 0 Å². The summed E-state index contributed by atoms with van der Waals surface area (Å²) in [5.41, 5.74) is 5.45. The van der Waals surface area contributed by atoms with Crippen molar-refractivity contribution in [1.29, 1.82) is 0 Å². The average molecular weight is 209 g/mol. The molecule has 1 saturated heterocycles. The second-order valence-electron chi connectivity index (χ2n) is 3.81. The summed E-state index contributed by atoms with van der Waals surface area (Å²) in [7, 11) is 0. The largest absolute Gasteiger partial charge is 0.381 e. The molecular weight excluding hydrogens is 194 g/mol.